The van der Waals surface area contributed by atoms with Crippen molar-refractivity contribution in [3.05, 3.63) is 47.5 Å². The average Bonchev–Trinajstić information content (AvgIpc) is 3.53. The third kappa shape index (κ3) is 4.84. The zero-order chi connectivity index (χ0) is 22.1. The fraction of sp³-hybridized carbons (Fsp3) is 0.478. The van der Waals surface area contributed by atoms with Gasteiger partial charge in [0.15, 0.2) is 10.6 Å². The highest BCUT2D eigenvalue weighted by molar-refractivity contribution is 7.90. The van der Waals surface area contributed by atoms with E-state index in [-0.39, 0.29) is 10.8 Å². The van der Waals surface area contributed by atoms with E-state index in [1.807, 2.05) is 13.0 Å². The molecule has 2 aliphatic rings. The van der Waals surface area contributed by atoms with E-state index >= 15 is 0 Å². The van der Waals surface area contributed by atoms with Gasteiger partial charge in [-0.05, 0) is 55.0 Å². The Labute approximate surface area is 183 Å². The van der Waals surface area contributed by atoms with E-state index in [4.69, 9.17) is 10.5 Å². The average molecular weight is 444 g/mol. The van der Waals surface area contributed by atoms with Crippen LogP contribution in [0.5, 0.6) is 5.75 Å². The Balaban J connectivity index is 1.55. The molecule has 166 valence electrons. The van der Waals surface area contributed by atoms with Crippen molar-refractivity contribution >= 4 is 21.7 Å². The van der Waals surface area contributed by atoms with Crippen LogP contribution in [-0.2, 0) is 14.8 Å². The van der Waals surface area contributed by atoms with E-state index in [9.17, 15) is 13.2 Å². The molecule has 0 aliphatic heterocycles. The lowest BCUT2D eigenvalue weighted by atomic mass is 9.90. The number of pyridine rings is 1. The van der Waals surface area contributed by atoms with Crippen LogP contribution in [0.25, 0.3) is 0 Å². The molecule has 0 saturated heterocycles. The molecule has 2 fully saturated rings. The molecule has 1 heterocycles. The van der Waals surface area contributed by atoms with Crippen LogP contribution in [0.1, 0.15) is 68.4 Å². The molecule has 1 aromatic carbocycles. The molecular formula is C23H29N3O4S. The van der Waals surface area contributed by atoms with Crippen molar-refractivity contribution in [1.29, 1.82) is 0 Å². The number of ether oxygens (including phenoxy) is 1. The number of nitrogen functional groups attached to an aromatic ring is 1. The molecule has 1 aromatic heterocycles. The first-order valence-corrected chi connectivity index (χ1v) is 12.4. The normalized spacial score (nSPS) is 18.7. The summed E-state index contributed by atoms with van der Waals surface area (Å²) in [5, 5.41) is -0.286. The molecule has 2 saturated carbocycles. The molecule has 0 atom stereocenters. The Kier molecular flexibility index (Phi) is 5.92. The minimum absolute atomic E-state index is 0.0699. The molecule has 0 unspecified atom stereocenters. The number of aryl methyl sites for hydroxylation is 1. The van der Waals surface area contributed by atoms with Gasteiger partial charge in [0.05, 0.1) is 0 Å². The maximum atomic E-state index is 13.0. The molecular weight excluding hydrogens is 414 g/mol. The predicted molar refractivity (Wildman–Crippen MR) is 118 cm³/mol. The zero-order valence-electron chi connectivity index (χ0n) is 17.8. The lowest BCUT2D eigenvalue weighted by Gasteiger charge is -2.23. The quantitative estimate of drug-likeness (QED) is 0.657. The van der Waals surface area contributed by atoms with Crippen molar-refractivity contribution in [1.82, 2.24) is 9.71 Å². The third-order valence-corrected chi connectivity index (χ3v) is 7.37. The summed E-state index contributed by atoms with van der Waals surface area (Å²) in [4.78, 5) is 16.8. The molecule has 7 nitrogen and oxygen atoms in total. The summed E-state index contributed by atoms with van der Waals surface area (Å²) >= 11 is 0. The van der Waals surface area contributed by atoms with Gasteiger partial charge in [-0.25, -0.2) is 9.71 Å². The fourth-order valence-electron chi connectivity index (χ4n) is 4.20. The number of nitrogens with one attached hydrogen (secondary N) is 1. The Bertz CT molecular complexity index is 1070. The first kappa shape index (κ1) is 21.6. The zero-order valence-corrected chi connectivity index (χ0v) is 18.6. The lowest BCUT2D eigenvalue weighted by molar-refractivity contribution is -0.128. The van der Waals surface area contributed by atoms with Crippen molar-refractivity contribution in [3.8, 4) is 5.75 Å². The summed E-state index contributed by atoms with van der Waals surface area (Å²) in [7, 11) is -4.13. The predicted octanol–water partition coefficient (Wildman–Crippen LogP) is 3.83. The van der Waals surface area contributed by atoms with Gasteiger partial charge < -0.3 is 10.5 Å². The molecule has 8 heteroatoms. The van der Waals surface area contributed by atoms with Gasteiger partial charge in [-0.1, -0.05) is 43.9 Å². The van der Waals surface area contributed by atoms with Gasteiger partial charge in [0.1, 0.15) is 11.6 Å². The molecule has 1 amide bonds. The van der Waals surface area contributed by atoms with Gasteiger partial charge in [-0.3, -0.25) is 4.79 Å². The number of nitrogens with zero attached hydrogens (tertiary/aromatic N) is 1. The Morgan fingerprint density at radius 3 is 2.48 bits per heavy atom. The molecule has 0 bridgehead atoms. The second kappa shape index (κ2) is 8.49. The lowest BCUT2D eigenvalue weighted by Crippen LogP contribution is -2.43. The minimum atomic E-state index is -4.13. The maximum absolute atomic E-state index is 13.0. The van der Waals surface area contributed by atoms with Crippen LogP contribution in [-0.4, -0.2) is 24.9 Å². The van der Waals surface area contributed by atoms with Crippen LogP contribution >= 0.6 is 0 Å². The van der Waals surface area contributed by atoms with E-state index in [0.717, 1.165) is 24.0 Å². The molecule has 4 rings (SSSR count). The Hall–Kier alpha value is -2.61. The second-order valence-electron chi connectivity index (χ2n) is 8.66. The summed E-state index contributed by atoms with van der Waals surface area (Å²) in [5.41, 5.74) is 6.58. The molecule has 2 aromatic rings. The molecule has 3 N–H and O–H groups in total. The summed E-state index contributed by atoms with van der Waals surface area (Å²) in [6.45, 7) is 1.99. The highest BCUT2D eigenvalue weighted by Gasteiger charge is 2.54. The largest absolute Gasteiger partial charge is 0.477 e. The summed E-state index contributed by atoms with van der Waals surface area (Å²) in [6, 6.07) is 10.4. The van der Waals surface area contributed by atoms with Gasteiger partial charge >= 0.3 is 0 Å². The molecule has 0 spiro atoms. The van der Waals surface area contributed by atoms with Gasteiger partial charge in [0.25, 0.3) is 15.9 Å². The molecule has 0 radical (unpaired) electrons. The molecule has 31 heavy (non-hydrogen) atoms. The first-order chi connectivity index (χ1) is 14.8. The topological polar surface area (TPSA) is 111 Å². The van der Waals surface area contributed by atoms with E-state index in [1.54, 1.807) is 0 Å². The van der Waals surface area contributed by atoms with Crippen LogP contribution in [0.2, 0.25) is 0 Å². The minimum Gasteiger partial charge on any atom is -0.477 e. The number of hydrogen-bond acceptors (Lipinski definition) is 6. The first-order valence-electron chi connectivity index (χ1n) is 10.9. The van der Waals surface area contributed by atoms with Gasteiger partial charge in [-0.2, -0.15) is 8.42 Å². The van der Waals surface area contributed by atoms with E-state index in [2.05, 4.69) is 21.8 Å². The number of benzene rings is 1. The van der Waals surface area contributed by atoms with Crippen LogP contribution in [0.4, 0.5) is 5.82 Å². The van der Waals surface area contributed by atoms with Crippen molar-refractivity contribution < 1.29 is 17.9 Å². The van der Waals surface area contributed by atoms with Crippen LogP contribution in [0, 0.1) is 6.92 Å². The van der Waals surface area contributed by atoms with Gasteiger partial charge in [-0.15, -0.1) is 0 Å². The van der Waals surface area contributed by atoms with E-state index in [1.165, 1.54) is 43.9 Å². The van der Waals surface area contributed by atoms with Crippen LogP contribution < -0.4 is 15.2 Å². The smallest absolute Gasteiger partial charge is 0.281 e. The van der Waals surface area contributed by atoms with Crippen molar-refractivity contribution in [2.45, 2.75) is 74.8 Å². The number of carbonyl (C=O) groups excluding carboxylic acids is 1. The van der Waals surface area contributed by atoms with Crippen molar-refractivity contribution in [2.24, 2.45) is 0 Å². The highest BCUT2D eigenvalue weighted by Crippen LogP contribution is 2.45. The summed E-state index contributed by atoms with van der Waals surface area (Å²) < 4.78 is 33.6. The number of anilines is 1. The second-order valence-corrected chi connectivity index (χ2v) is 10.3. The SMILES string of the molecule is Cc1ccc(C2CCCCCC2)c(OC2(C(=O)NS(=O)(=O)c3cccc(N)n3)CC2)c1. The fourth-order valence-corrected chi connectivity index (χ4v) is 5.22. The highest BCUT2D eigenvalue weighted by atomic mass is 32.2. The number of sulfonamides is 1. The Morgan fingerprint density at radius 1 is 1.13 bits per heavy atom. The number of amides is 1. The number of nitrogens with two attached hydrogens (primary N) is 1. The standard InChI is InChI=1S/C23H29N3O4S/c1-16-11-12-18(17-7-4-2-3-5-8-17)19(15-16)30-23(13-14-23)22(27)26-31(28,29)21-10-6-9-20(24)25-21/h6,9-12,15,17H,2-5,7-8,13-14H2,1H3,(H2,24,25)(H,26,27). The maximum Gasteiger partial charge on any atom is 0.281 e. The molecule has 2 aliphatic carbocycles. The monoisotopic (exact) mass is 443 g/mol. The summed E-state index contributed by atoms with van der Waals surface area (Å²) in [6.07, 6.45) is 8.03. The van der Waals surface area contributed by atoms with Crippen LogP contribution in [0.3, 0.4) is 0 Å². The Morgan fingerprint density at radius 2 is 1.84 bits per heavy atom. The number of hydrogen-bond donors (Lipinski definition) is 2. The summed E-state index contributed by atoms with van der Waals surface area (Å²) in [5.74, 6) is 0.502. The van der Waals surface area contributed by atoms with Gasteiger partial charge in [0, 0.05) is 12.8 Å². The van der Waals surface area contributed by atoms with Crippen LogP contribution in [0.15, 0.2) is 41.4 Å². The van der Waals surface area contributed by atoms with Crippen molar-refractivity contribution in [2.75, 3.05) is 5.73 Å². The third-order valence-electron chi connectivity index (χ3n) is 6.13. The number of rotatable bonds is 6. The van der Waals surface area contributed by atoms with E-state index in [0.29, 0.717) is 24.5 Å². The van der Waals surface area contributed by atoms with Crippen molar-refractivity contribution in [3.63, 3.8) is 0 Å². The van der Waals surface area contributed by atoms with Gasteiger partial charge in [0.2, 0.25) is 0 Å². The van der Waals surface area contributed by atoms with E-state index < -0.39 is 21.5 Å². The number of aromatic nitrogens is 1. The number of carbonyl (C=O) groups is 1.